The third kappa shape index (κ3) is 2.58. The maximum absolute atomic E-state index is 12.8. The minimum Gasteiger partial charge on any atom is -0.368 e. The molecule has 0 unspecified atom stereocenters. The number of likely N-dealkylation sites (tertiary alicyclic amines) is 1. The fourth-order valence-corrected chi connectivity index (χ4v) is 4.56. The van der Waals surface area contributed by atoms with Crippen molar-refractivity contribution in [1.82, 2.24) is 19.7 Å². The summed E-state index contributed by atoms with van der Waals surface area (Å²) in [6.45, 7) is 4.93. The van der Waals surface area contributed by atoms with Crippen LogP contribution in [0.5, 0.6) is 0 Å². The lowest BCUT2D eigenvalue weighted by Crippen LogP contribution is -2.48. The standard InChI is InChI=1S/C21H24N4O2/c1-2-25-14-15(13-22-25)20(26)24-10-8-21(9-11-24)19-17(7-12-27-21)16-5-3-4-6-18(16)23-19/h3-6,13-14,23H,2,7-12H2,1H3. The Kier molecular flexibility index (Phi) is 3.82. The molecule has 0 aliphatic carbocycles. The molecule has 27 heavy (non-hydrogen) atoms. The zero-order valence-corrected chi connectivity index (χ0v) is 15.6. The number of aryl methyl sites for hydroxylation is 1. The Morgan fingerprint density at radius 2 is 2.11 bits per heavy atom. The third-order valence-electron chi connectivity index (χ3n) is 6.06. The molecule has 0 atom stereocenters. The number of nitrogens with one attached hydrogen (secondary N) is 1. The van der Waals surface area contributed by atoms with Gasteiger partial charge in [0, 0.05) is 36.7 Å². The number of aromatic amines is 1. The predicted molar refractivity (Wildman–Crippen MR) is 103 cm³/mol. The van der Waals surface area contributed by atoms with Gasteiger partial charge in [0.15, 0.2) is 0 Å². The molecule has 1 fully saturated rings. The van der Waals surface area contributed by atoms with E-state index in [1.807, 2.05) is 18.0 Å². The molecule has 1 saturated heterocycles. The summed E-state index contributed by atoms with van der Waals surface area (Å²) in [7, 11) is 0. The number of carbonyl (C=O) groups excluding carboxylic acids is 1. The van der Waals surface area contributed by atoms with E-state index in [1.54, 1.807) is 10.9 Å². The smallest absolute Gasteiger partial charge is 0.257 e. The Morgan fingerprint density at radius 1 is 1.30 bits per heavy atom. The predicted octanol–water partition coefficient (Wildman–Crippen LogP) is 3.09. The molecule has 0 saturated carbocycles. The molecule has 3 aromatic rings. The summed E-state index contributed by atoms with van der Waals surface area (Å²) < 4.78 is 8.12. The van der Waals surface area contributed by atoms with Crippen LogP contribution in [0.3, 0.4) is 0 Å². The summed E-state index contributed by atoms with van der Waals surface area (Å²) in [5.74, 6) is 0.0669. The number of amides is 1. The van der Waals surface area contributed by atoms with Crippen LogP contribution in [0.4, 0.5) is 0 Å². The first-order valence-electron chi connectivity index (χ1n) is 9.76. The Bertz CT molecular complexity index is 995. The van der Waals surface area contributed by atoms with Gasteiger partial charge in [0.25, 0.3) is 5.91 Å². The van der Waals surface area contributed by atoms with E-state index in [0.29, 0.717) is 18.7 Å². The first-order chi connectivity index (χ1) is 13.2. The number of hydrogen-bond acceptors (Lipinski definition) is 3. The number of hydrogen-bond donors (Lipinski definition) is 1. The summed E-state index contributed by atoms with van der Waals surface area (Å²) in [5, 5.41) is 5.53. The van der Waals surface area contributed by atoms with Gasteiger partial charge in [0.2, 0.25) is 0 Å². The average molecular weight is 364 g/mol. The minimum absolute atomic E-state index is 0.0669. The summed E-state index contributed by atoms with van der Waals surface area (Å²) in [4.78, 5) is 18.4. The molecule has 140 valence electrons. The van der Waals surface area contributed by atoms with E-state index in [1.165, 1.54) is 22.2 Å². The second-order valence-electron chi connectivity index (χ2n) is 7.49. The minimum atomic E-state index is -0.295. The van der Waals surface area contributed by atoms with Crippen molar-refractivity contribution in [2.45, 2.75) is 38.3 Å². The number of para-hydroxylation sites is 1. The van der Waals surface area contributed by atoms with Crippen LogP contribution in [0.1, 0.15) is 41.4 Å². The molecule has 6 heteroatoms. The number of ether oxygens (including phenoxy) is 1. The van der Waals surface area contributed by atoms with Crippen LogP contribution in [-0.2, 0) is 23.3 Å². The van der Waals surface area contributed by atoms with Gasteiger partial charge in [-0.25, -0.2) is 0 Å². The summed E-state index contributed by atoms with van der Waals surface area (Å²) in [6.07, 6.45) is 6.09. The number of piperidine rings is 1. The second-order valence-corrected chi connectivity index (χ2v) is 7.49. The lowest BCUT2D eigenvalue weighted by Gasteiger charge is -2.43. The van der Waals surface area contributed by atoms with E-state index in [-0.39, 0.29) is 11.5 Å². The number of nitrogens with zero attached hydrogens (tertiary/aromatic N) is 3. The highest BCUT2D eigenvalue weighted by Crippen LogP contribution is 2.43. The molecule has 2 aliphatic rings. The van der Waals surface area contributed by atoms with Gasteiger partial charge in [-0.2, -0.15) is 5.10 Å². The highest BCUT2D eigenvalue weighted by atomic mass is 16.5. The quantitative estimate of drug-likeness (QED) is 0.760. The SMILES string of the molecule is CCn1cc(C(=O)N2CCC3(CC2)OCCc2c3[nH]c3ccccc23)cn1. The van der Waals surface area contributed by atoms with Crippen LogP contribution in [0.15, 0.2) is 36.7 Å². The number of H-pyrrole nitrogens is 1. The van der Waals surface area contributed by atoms with E-state index in [9.17, 15) is 4.79 Å². The molecule has 4 heterocycles. The Labute approximate surface area is 158 Å². The van der Waals surface area contributed by atoms with E-state index in [4.69, 9.17) is 4.74 Å². The summed E-state index contributed by atoms with van der Waals surface area (Å²) >= 11 is 0. The first kappa shape index (κ1) is 16.6. The summed E-state index contributed by atoms with van der Waals surface area (Å²) in [5.41, 5.74) is 4.17. The zero-order chi connectivity index (χ0) is 18.4. The Hall–Kier alpha value is -2.60. The van der Waals surface area contributed by atoms with E-state index in [2.05, 4.69) is 34.3 Å². The number of fused-ring (bicyclic) bond motifs is 4. The van der Waals surface area contributed by atoms with Gasteiger partial charge in [0.1, 0.15) is 5.60 Å². The monoisotopic (exact) mass is 364 g/mol. The van der Waals surface area contributed by atoms with Crippen LogP contribution in [0.25, 0.3) is 10.9 Å². The lowest BCUT2D eigenvalue weighted by atomic mass is 9.83. The molecule has 0 bridgehead atoms. The molecule has 1 N–H and O–H groups in total. The van der Waals surface area contributed by atoms with Gasteiger partial charge in [-0.3, -0.25) is 9.48 Å². The average Bonchev–Trinajstić information content (AvgIpc) is 3.34. The van der Waals surface area contributed by atoms with Gasteiger partial charge in [0.05, 0.1) is 24.1 Å². The van der Waals surface area contributed by atoms with Gasteiger partial charge in [-0.15, -0.1) is 0 Å². The summed E-state index contributed by atoms with van der Waals surface area (Å²) in [6, 6.07) is 8.48. The highest BCUT2D eigenvalue weighted by Gasteiger charge is 2.43. The van der Waals surface area contributed by atoms with Crippen molar-refractivity contribution >= 4 is 16.8 Å². The van der Waals surface area contributed by atoms with Crippen LogP contribution in [0, 0.1) is 0 Å². The third-order valence-corrected chi connectivity index (χ3v) is 6.06. The Balaban J connectivity index is 1.39. The number of carbonyl (C=O) groups is 1. The zero-order valence-electron chi connectivity index (χ0n) is 15.6. The maximum atomic E-state index is 12.8. The van der Waals surface area contributed by atoms with Crippen molar-refractivity contribution in [1.29, 1.82) is 0 Å². The van der Waals surface area contributed by atoms with Gasteiger partial charge in [-0.1, -0.05) is 18.2 Å². The molecule has 6 nitrogen and oxygen atoms in total. The van der Waals surface area contributed by atoms with Crippen LogP contribution in [-0.4, -0.2) is 45.3 Å². The number of aromatic nitrogens is 3. The van der Waals surface area contributed by atoms with E-state index in [0.717, 1.165) is 32.4 Å². The first-order valence-corrected chi connectivity index (χ1v) is 9.76. The Morgan fingerprint density at radius 3 is 2.89 bits per heavy atom. The van der Waals surface area contributed by atoms with Gasteiger partial charge in [-0.05, 0) is 37.8 Å². The van der Waals surface area contributed by atoms with Crippen molar-refractivity contribution < 1.29 is 9.53 Å². The molecule has 2 aliphatic heterocycles. The van der Waals surface area contributed by atoms with E-state index >= 15 is 0 Å². The number of benzene rings is 1. The maximum Gasteiger partial charge on any atom is 0.257 e. The van der Waals surface area contributed by atoms with Crippen molar-refractivity contribution in [2.24, 2.45) is 0 Å². The van der Waals surface area contributed by atoms with Crippen molar-refractivity contribution in [3.63, 3.8) is 0 Å². The van der Waals surface area contributed by atoms with Crippen molar-refractivity contribution in [2.75, 3.05) is 19.7 Å². The molecule has 2 aromatic heterocycles. The van der Waals surface area contributed by atoms with Gasteiger partial charge < -0.3 is 14.6 Å². The van der Waals surface area contributed by atoms with Crippen molar-refractivity contribution in [3.8, 4) is 0 Å². The molecular formula is C21H24N4O2. The molecule has 1 aromatic carbocycles. The fourth-order valence-electron chi connectivity index (χ4n) is 4.56. The van der Waals surface area contributed by atoms with Crippen LogP contribution in [0.2, 0.25) is 0 Å². The van der Waals surface area contributed by atoms with Crippen LogP contribution >= 0.6 is 0 Å². The molecule has 1 spiro atoms. The molecule has 5 rings (SSSR count). The lowest BCUT2D eigenvalue weighted by molar-refractivity contribution is -0.0957. The topological polar surface area (TPSA) is 63.1 Å². The van der Waals surface area contributed by atoms with Crippen LogP contribution < -0.4 is 0 Å². The fraction of sp³-hybridized carbons (Fsp3) is 0.429. The van der Waals surface area contributed by atoms with E-state index < -0.39 is 0 Å². The second kappa shape index (κ2) is 6.23. The molecule has 1 amide bonds. The largest absolute Gasteiger partial charge is 0.368 e. The number of rotatable bonds is 2. The van der Waals surface area contributed by atoms with Gasteiger partial charge >= 0.3 is 0 Å². The molecule has 0 radical (unpaired) electrons. The normalized spacial score (nSPS) is 18.8. The highest BCUT2D eigenvalue weighted by molar-refractivity contribution is 5.93. The van der Waals surface area contributed by atoms with Crippen molar-refractivity contribution in [3.05, 3.63) is 53.5 Å². The molecular weight excluding hydrogens is 340 g/mol.